The highest BCUT2D eigenvalue weighted by molar-refractivity contribution is 6.21. The zero-order chi connectivity index (χ0) is 21.1. The van der Waals surface area contributed by atoms with Crippen molar-refractivity contribution in [3.05, 3.63) is 59.0 Å². The van der Waals surface area contributed by atoms with Crippen molar-refractivity contribution in [1.82, 2.24) is 10.2 Å². The van der Waals surface area contributed by atoms with Gasteiger partial charge in [0.2, 0.25) is 0 Å². The van der Waals surface area contributed by atoms with E-state index in [-0.39, 0.29) is 35.2 Å². The average molecular weight is 398 g/mol. The Hall–Kier alpha value is -3.42. The summed E-state index contributed by atoms with van der Waals surface area (Å²) in [4.78, 5) is 50.3. The number of hydrogen-bond donors (Lipinski definition) is 1. The maximum absolute atomic E-state index is 12.6. The summed E-state index contributed by atoms with van der Waals surface area (Å²) in [7, 11) is 0. The molecule has 3 rings (SSSR count). The summed E-state index contributed by atoms with van der Waals surface area (Å²) in [6.07, 6.45) is 1.46. The lowest BCUT2D eigenvalue weighted by molar-refractivity contribution is -0.125. The zero-order valence-corrected chi connectivity index (χ0v) is 16.4. The fourth-order valence-electron chi connectivity index (χ4n) is 2.80. The van der Waals surface area contributed by atoms with Gasteiger partial charge in [0, 0.05) is 6.04 Å². The molecule has 152 valence electrons. The molecule has 1 atom stereocenters. The average Bonchev–Trinajstić information content (AvgIpc) is 3.29. The van der Waals surface area contributed by atoms with Gasteiger partial charge in [-0.15, -0.1) is 0 Å². The first kappa shape index (κ1) is 20.3. The van der Waals surface area contributed by atoms with Crippen molar-refractivity contribution < 1.29 is 28.3 Å². The number of esters is 1. The maximum Gasteiger partial charge on any atom is 0.338 e. The van der Waals surface area contributed by atoms with Crippen LogP contribution < -0.4 is 5.32 Å². The third-order valence-electron chi connectivity index (χ3n) is 4.82. The number of imide groups is 1. The number of benzene rings is 1. The second kappa shape index (κ2) is 8.30. The zero-order valence-electron chi connectivity index (χ0n) is 16.4. The first-order valence-electron chi connectivity index (χ1n) is 9.27. The molecule has 3 amide bonds. The number of fused-ring (bicyclic) bond motifs is 1. The Morgan fingerprint density at radius 2 is 1.83 bits per heavy atom. The Morgan fingerprint density at radius 1 is 1.10 bits per heavy atom. The molecular formula is C21H22N2O6. The summed E-state index contributed by atoms with van der Waals surface area (Å²) in [6, 6.07) is 7.41. The molecule has 1 aromatic heterocycles. The molecule has 1 N–H and O–H groups in total. The number of furan rings is 1. The number of carbonyl (C=O) groups excluding carboxylic acids is 4. The van der Waals surface area contributed by atoms with Crippen LogP contribution in [0.15, 0.2) is 41.0 Å². The van der Waals surface area contributed by atoms with Gasteiger partial charge >= 0.3 is 5.97 Å². The second-order valence-electron chi connectivity index (χ2n) is 7.21. The van der Waals surface area contributed by atoms with Gasteiger partial charge in [0.1, 0.15) is 5.76 Å². The van der Waals surface area contributed by atoms with Gasteiger partial charge in [0.15, 0.2) is 6.61 Å². The van der Waals surface area contributed by atoms with E-state index in [4.69, 9.17) is 9.15 Å². The van der Waals surface area contributed by atoms with Crippen LogP contribution in [0.3, 0.4) is 0 Å². The predicted molar refractivity (Wildman–Crippen MR) is 102 cm³/mol. The molecule has 2 heterocycles. The van der Waals surface area contributed by atoms with E-state index in [1.807, 2.05) is 20.8 Å². The molecule has 0 radical (unpaired) electrons. The highest BCUT2D eigenvalue weighted by Gasteiger charge is 2.36. The van der Waals surface area contributed by atoms with E-state index in [2.05, 4.69) is 5.32 Å². The van der Waals surface area contributed by atoms with Crippen LogP contribution in [0.4, 0.5) is 0 Å². The maximum atomic E-state index is 12.6. The molecule has 8 nitrogen and oxygen atoms in total. The topological polar surface area (TPSA) is 106 Å². The van der Waals surface area contributed by atoms with E-state index >= 15 is 0 Å². The summed E-state index contributed by atoms with van der Waals surface area (Å²) in [5.74, 6) is -1.40. The van der Waals surface area contributed by atoms with Crippen LogP contribution in [0.1, 0.15) is 57.6 Å². The lowest BCUT2D eigenvalue weighted by Gasteiger charge is -2.17. The monoisotopic (exact) mass is 398 g/mol. The van der Waals surface area contributed by atoms with Crippen LogP contribution in [0.25, 0.3) is 0 Å². The van der Waals surface area contributed by atoms with Crippen LogP contribution in [-0.4, -0.2) is 41.2 Å². The third-order valence-corrected chi connectivity index (χ3v) is 4.82. The first-order valence-corrected chi connectivity index (χ1v) is 9.27. The number of rotatable bonds is 7. The van der Waals surface area contributed by atoms with Gasteiger partial charge in [-0.2, -0.15) is 0 Å². The minimum Gasteiger partial charge on any atom is -0.467 e. The molecule has 0 saturated heterocycles. The minimum atomic E-state index is -0.745. The molecule has 0 aliphatic carbocycles. The Bertz CT molecular complexity index is 948. The lowest BCUT2D eigenvalue weighted by Crippen LogP contribution is -2.38. The highest BCUT2D eigenvalue weighted by atomic mass is 16.5. The molecule has 0 unspecified atom stereocenters. The van der Waals surface area contributed by atoms with Crippen molar-refractivity contribution in [1.29, 1.82) is 0 Å². The van der Waals surface area contributed by atoms with Crippen molar-refractivity contribution in [3.63, 3.8) is 0 Å². The summed E-state index contributed by atoms with van der Waals surface area (Å²) in [5, 5.41) is 2.74. The van der Waals surface area contributed by atoms with Crippen molar-refractivity contribution in [2.75, 3.05) is 6.61 Å². The quantitative estimate of drug-likeness (QED) is 0.567. The molecule has 0 spiro atoms. The predicted octanol–water partition coefficient (Wildman–Crippen LogP) is 2.39. The summed E-state index contributed by atoms with van der Waals surface area (Å²) < 4.78 is 10.2. The summed E-state index contributed by atoms with van der Waals surface area (Å²) in [5.41, 5.74) is 0.421. The van der Waals surface area contributed by atoms with Gasteiger partial charge in [0.25, 0.3) is 17.7 Å². The van der Waals surface area contributed by atoms with Crippen molar-refractivity contribution >= 4 is 23.7 Å². The third kappa shape index (κ3) is 4.37. The van der Waals surface area contributed by atoms with Gasteiger partial charge in [0.05, 0.1) is 29.5 Å². The van der Waals surface area contributed by atoms with Gasteiger partial charge in [-0.1, -0.05) is 13.8 Å². The van der Waals surface area contributed by atoms with Gasteiger partial charge in [-0.3, -0.25) is 19.3 Å². The molecule has 0 bridgehead atoms. The Labute approximate surface area is 167 Å². The van der Waals surface area contributed by atoms with Gasteiger partial charge in [-0.25, -0.2) is 4.79 Å². The first-order chi connectivity index (χ1) is 13.8. The second-order valence-corrected chi connectivity index (χ2v) is 7.21. The number of ether oxygens (including phenoxy) is 1. The molecule has 8 heteroatoms. The number of nitrogens with one attached hydrogen (secondary N) is 1. The van der Waals surface area contributed by atoms with Crippen LogP contribution in [0.5, 0.6) is 0 Å². The van der Waals surface area contributed by atoms with E-state index in [0.29, 0.717) is 5.76 Å². The standard InChI is InChI=1S/C21H22N2O6/c1-12(2)13(3)22-18(24)11-29-21(27)14-6-7-16-17(9-14)20(26)23(19(16)25)10-15-5-4-8-28-15/h4-9,12-13H,10-11H2,1-3H3,(H,22,24)/t13-/m1/s1. The van der Waals surface area contributed by atoms with Crippen LogP contribution in [0, 0.1) is 5.92 Å². The smallest absolute Gasteiger partial charge is 0.338 e. The lowest BCUT2D eigenvalue weighted by atomic mass is 10.1. The van der Waals surface area contributed by atoms with E-state index < -0.39 is 30.3 Å². The van der Waals surface area contributed by atoms with Crippen LogP contribution in [0.2, 0.25) is 0 Å². The van der Waals surface area contributed by atoms with Crippen LogP contribution >= 0.6 is 0 Å². The number of carbonyl (C=O) groups is 4. The Morgan fingerprint density at radius 3 is 2.48 bits per heavy atom. The molecule has 0 saturated carbocycles. The molecule has 1 aliphatic heterocycles. The number of nitrogens with zero attached hydrogens (tertiary/aromatic N) is 1. The Kier molecular flexibility index (Phi) is 5.81. The van der Waals surface area contributed by atoms with E-state index in [1.54, 1.807) is 12.1 Å². The highest BCUT2D eigenvalue weighted by Crippen LogP contribution is 2.26. The van der Waals surface area contributed by atoms with Crippen LogP contribution in [-0.2, 0) is 16.1 Å². The molecule has 1 aromatic carbocycles. The number of amides is 3. The minimum absolute atomic E-state index is 0.00728. The Balaban J connectivity index is 1.66. The molecule has 1 aliphatic rings. The fraction of sp³-hybridized carbons (Fsp3) is 0.333. The number of hydrogen-bond acceptors (Lipinski definition) is 6. The van der Waals surface area contributed by atoms with Crippen molar-refractivity contribution in [2.45, 2.75) is 33.4 Å². The van der Waals surface area contributed by atoms with E-state index in [9.17, 15) is 19.2 Å². The van der Waals surface area contributed by atoms with Gasteiger partial charge in [-0.05, 0) is 43.2 Å². The molecule has 2 aromatic rings. The summed E-state index contributed by atoms with van der Waals surface area (Å²) in [6.45, 7) is 5.38. The molecule has 29 heavy (non-hydrogen) atoms. The largest absolute Gasteiger partial charge is 0.467 e. The van der Waals surface area contributed by atoms with Gasteiger partial charge < -0.3 is 14.5 Å². The molecular weight excluding hydrogens is 376 g/mol. The van der Waals surface area contributed by atoms with E-state index in [0.717, 1.165) is 4.90 Å². The van der Waals surface area contributed by atoms with Crippen molar-refractivity contribution in [3.8, 4) is 0 Å². The summed E-state index contributed by atoms with van der Waals surface area (Å²) >= 11 is 0. The van der Waals surface area contributed by atoms with Crippen molar-refractivity contribution in [2.24, 2.45) is 5.92 Å². The van der Waals surface area contributed by atoms with E-state index in [1.165, 1.54) is 24.5 Å². The SMILES string of the molecule is CC(C)[C@@H](C)NC(=O)COC(=O)c1ccc2c(c1)C(=O)N(Cc1ccco1)C2=O. The normalized spacial score (nSPS) is 14.1. The molecule has 0 fully saturated rings. The fourth-order valence-corrected chi connectivity index (χ4v) is 2.80.